The average molecular weight is 247 g/mol. The summed E-state index contributed by atoms with van der Waals surface area (Å²) in [6, 6.07) is 6.33. The molecular formula is C13H10FNOS. The fraction of sp³-hybridized carbons (Fsp3) is 0.154. The molecule has 0 aliphatic carbocycles. The summed E-state index contributed by atoms with van der Waals surface area (Å²) in [6.07, 6.45) is 0. The maximum atomic E-state index is 13.3. The van der Waals surface area contributed by atoms with Crippen LogP contribution in [-0.4, -0.2) is 4.57 Å². The lowest BCUT2D eigenvalue weighted by Gasteiger charge is -1.96. The van der Waals surface area contributed by atoms with Gasteiger partial charge in [-0.2, -0.15) is 0 Å². The summed E-state index contributed by atoms with van der Waals surface area (Å²) in [5, 5.41) is 1.85. The van der Waals surface area contributed by atoms with Gasteiger partial charge in [-0.05, 0) is 36.8 Å². The first kappa shape index (κ1) is 10.5. The lowest BCUT2D eigenvalue weighted by Crippen LogP contribution is -1.94. The van der Waals surface area contributed by atoms with Gasteiger partial charge >= 0.3 is 0 Å². The third kappa shape index (κ3) is 1.41. The van der Waals surface area contributed by atoms with Crippen molar-refractivity contribution in [2.24, 2.45) is 7.05 Å². The van der Waals surface area contributed by atoms with Crippen LogP contribution >= 0.6 is 11.3 Å². The SMILES string of the molecule is Cc1cc(=O)sc2c1c1cc(F)ccc1n2C. The first-order chi connectivity index (χ1) is 8.08. The molecule has 86 valence electrons. The Bertz CT molecular complexity index is 800. The second kappa shape index (κ2) is 3.40. The first-order valence-electron chi connectivity index (χ1n) is 5.26. The molecule has 0 bridgehead atoms. The van der Waals surface area contributed by atoms with Gasteiger partial charge in [0.15, 0.2) is 0 Å². The molecule has 0 aliphatic rings. The number of rotatable bonds is 0. The molecule has 17 heavy (non-hydrogen) atoms. The highest BCUT2D eigenvalue weighted by atomic mass is 32.1. The summed E-state index contributed by atoms with van der Waals surface area (Å²) < 4.78 is 15.3. The van der Waals surface area contributed by atoms with Crippen LogP contribution in [0.25, 0.3) is 21.1 Å². The molecule has 0 fully saturated rings. The van der Waals surface area contributed by atoms with Gasteiger partial charge in [0.2, 0.25) is 4.74 Å². The largest absolute Gasteiger partial charge is 0.335 e. The Morgan fingerprint density at radius 3 is 2.82 bits per heavy atom. The molecule has 0 amide bonds. The van der Waals surface area contributed by atoms with Crippen molar-refractivity contribution in [3.63, 3.8) is 0 Å². The Balaban J connectivity index is 2.69. The monoisotopic (exact) mass is 247 g/mol. The highest BCUT2D eigenvalue weighted by Crippen LogP contribution is 2.31. The van der Waals surface area contributed by atoms with Crippen molar-refractivity contribution in [3.8, 4) is 0 Å². The van der Waals surface area contributed by atoms with Crippen molar-refractivity contribution in [2.45, 2.75) is 6.92 Å². The van der Waals surface area contributed by atoms with Gasteiger partial charge in [0.05, 0.1) is 0 Å². The fourth-order valence-electron chi connectivity index (χ4n) is 2.27. The molecule has 3 rings (SSSR count). The Hall–Kier alpha value is -1.68. The van der Waals surface area contributed by atoms with E-state index in [-0.39, 0.29) is 10.6 Å². The standard InChI is InChI=1S/C13H10FNOS/c1-7-5-11(16)17-13-12(7)9-6-8(14)3-4-10(9)15(13)2/h3-6H,1-2H3. The van der Waals surface area contributed by atoms with Crippen LogP contribution in [0.3, 0.4) is 0 Å². The predicted octanol–water partition coefficient (Wildman–Crippen LogP) is 3.20. The number of hydrogen-bond donors (Lipinski definition) is 0. The molecule has 0 aliphatic heterocycles. The van der Waals surface area contributed by atoms with Gasteiger partial charge in [-0.3, -0.25) is 4.79 Å². The topological polar surface area (TPSA) is 22.0 Å². The molecule has 1 aromatic carbocycles. The number of benzene rings is 1. The number of hydrogen-bond acceptors (Lipinski definition) is 2. The van der Waals surface area contributed by atoms with Crippen molar-refractivity contribution in [3.05, 3.63) is 45.2 Å². The van der Waals surface area contributed by atoms with Crippen LogP contribution < -0.4 is 4.74 Å². The third-order valence-corrected chi connectivity index (χ3v) is 4.02. The summed E-state index contributed by atoms with van der Waals surface area (Å²) >= 11 is 1.20. The molecule has 2 heterocycles. The minimum Gasteiger partial charge on any atom is -0.335 e. The van der Waals surface area contributed by atoms with Crippen LogP contribution in [0.4, 0.5) is 4.39 Å². The first-order valence-corrected chi connectivity index (χ1v) is 6.08. The van der Waals surface area contributed by atoms with E-state index in [0.717, 1.165) is 26.7 Å². The molecule has 2 nitrogen and oxygen atoms in total. The molecule has 0 saturated carbocycles. The van der Waals surface area contributed by atoms with Crippen LogP contribution in [-0.2, 0) is 7.05 Å². The number of nitrogens with zero attached hydrogens (tertiary/aromatic N) is 1. The summed E-state index contributed by atoms with van der Waals surface area (Å²) in [6.45, 7) is 1.89. The normalized spacial score (nSPS) is 11.5. The molecule has 0 atom stereocenters. The number of aryl methyl sites for hydroxylation is 2. The Kier molecular flexibility index (Phi) is 2.10. The van der Waals surface area contributed by atoms with Gasteiger partial charge in [0, 0.05) is 23.3 Å². The van der Waals surface area contributed by atoms with Gasteiger partial charge in [0.1, 0.15) is 10.6 Å². The molecule has 0 N–H and O–H groups in total. The van der Waals surface area contributed by atoms with Gasteiger partial charge in [-0.1, -0.05) is 11.3 Å². The second-order valence-corrected chi connectivity index (χ2v) is 5.14. The molecule has 4 heteroatoms. The van der Waals surface area contributed by atoms with E-state index in [2.05, 4.69) is 0 Å². The van der Waals surface area contributed by atoms with Crippen LogP contribution in [0.2, 0.25) is 0 Å². The van der Waals surface area contributed by atoms with Crippen LogP contribution in [0.1, 0.15) is 5.56 Å². The van der Waals surface area contributed by atoms with Crippen LogP contribution in [0.15, 0.2) is 29.1 Å². The van der Waals surface area contributed by atoms with Gasteiger partial charge in [0.25, 0.3) is 0 Å². The summed E-state index contributed by atoms with van der Waals surface area (Å²) in [4.78, 5) is 12.4. The zero-order chi connectivity index (χ0) is 12.2. The molecule has 2 aromatic heterocycles. The molecule has 0 saturated heterocycles. The quantitative estimate of drug-likeness (QED) is 0.598. The van der Waals surface area contributed by atoms with Crippen molar-refractivity contribution in [1.29, 1.82) is 0 Å². The van der Waals surface area contributed by atoms with Gasteiger partial charge in [-0.15, -0.1) is 0 Å². The van der Waals surface area contributed by atoms with E-state index in [1.807, 2.05) is 18.5 Å². The number of aromatic nitrogens is 1. The highest BCUT2D eigenvalue weighted by Gasteiger charge is 2.12. The highest BCUT2D eigenvalue weighted by molar-refractivity contribution is 7.16. The minimum atomic E-state index is -0.249. The van der Waals surface area contributed by atoms with Crippen molar-refractivity contribution < 1.29 is 4.39 Å². The minimum absolute atomic E-state index is 0.0291. The van der Waals surface area contributed by atoms with Crippen molar-refractivity contribution in [1.82, 2.24) is 4.57 Å². The van der Waals surface area contributed by atoms with Crippen molar-refractivity contribution >= 4 is 32.5 Å². The van der Waals surface area contributed by atoms with Crippen LogP contribution in [0, 0.1) is 12.7 Å². The maximum absolute atomic E-state index is 13.3. The average Bonchev–Trinajstić information content (AvgIpc) is 2.52. The summed E-state index contributed by atoms with van der Waals surface area (Å²) in [5.41, 5.74) is 1.85. The van der Waals surface area contributed by atoms with E-state index in [0.29, 0.717) is 0 Å². The molecule has 3 aromatic rings. The van der Waals surface area contributed by atoms with E-state index >= 15 is 0 Å². The molecule has 0 unspecified atom stereocenters. The second-order valence-electron chi connectivity index (χ2n) is 4.15. The maximum Gasteiger partial charge on any atom is 0.234 e. The Morgan fingerprint density at radius 1 is 1.29 bits per heavy atom. The summed E-state index contributed by atoms with van der Waals surface area (Å²) in [7, 11) is 1.90. The third-order valence-electron chi connectivity index (χ3n) is 3.03. The summed E-state index contributed by atoms with van der Waals surface area (Å²) in [5.74, 6) is -0.249. The lowest BCUT2D eigenvalue weighted by molar-refractivity contribution is 0.629. The lowest BCUT2D eigenvalue weighted by atomic mass is 10.1. The fourth-order valence-corrected chi connectivity index (χ4v) is 3.30. The number of halogens is 1. The zero-order valence-corrected chi connectivity index (χ0v) is 10.3. The van der Waals surface area contributed by atoms with E-state index in [9.17, 15) is 9.18 Å². The Morgan fingerprint density at radius 2 is 2.06 bits per heavy atom. The zero-order valence-electron chi connectivity index (χ0n) is 9.45. The van der Waals surface area contributed by atoms with E-state index in [4.69, 9.17) is 0 Å². The Labute approximate surface area is 101 Å². The molecular weight excluding hydrogens is 237 g/mol. The van der Waals surface area contributed by atoms with E-state index in [1.54, 1.807) is 12.1 Å². The van der Waals surface area contributed by atoms with Crippen molar-refractivity contribution in [2.75, 3.05) is 0 Å². The molecule has 0 radical (unpaired) electrons. The predicted molar refractivity (Wildman–Crippen MR) is 69.3 cm³/mol. The van der Waals surface area contributed by atoms with E-state index < -0.39 is 0 Å². The van der Waals surface area contributed by atoms with Gasteiger partial charge < -0.3 is 4.57 Å². The van der Waals surface area contributed by atoms with Gasteiger partial charge in [-0.25, -0.2) is 4.39 Å². The smallest absolute Gasteiger partial charge is 0.234 e. The molecule has 0 spiro atoms. The number of fused-ring (bicyclic) bond motifs is 3. The van der Waals surface area contributed by atoms with Crippen LogP contribution in [0.5, 0.6) is 0 Å². The van der Waals surface area contributed by atoms with E-state index in [1.165, 1.54) is 23.5 Å².